The summed E-state index contributed by atoms with van der Waals surface area (Å²) >= 11 is 0. The Bertz CT molecular complexity index is 1130. The van der Waals surface area contributed by atoms with E-state index >= 15 is 0 Å². The molecule has 1 aromatic heterocycles. The molecular formula is C23H18FN3O3. The molecule has 2 heterocycles. The SMILES string of the molecule is COc1ccc(C2=C(Nc3cccc(F)c3)C(=O)N(Cc3cccnc3)C2=O)cc1. The summed E-state index contributed by atoms with van der Waals surface area (Å²) in [5.41, 5.74) is 1.97. The standard InChI is InChI=1S/C23H18FN3O3/c1-30-19-9-7-16(8-10-19)20-21(26-18-6-2-5-17(24)12-18)23(29)27(22(20)28)14-15-4-3-11-25-13-15/h2-13,26H,14H2,1H3. The van der Waals surface area contributed by atoms with Crippen molar-refractivity contribution in [1.82, 2.24) is 9.88 Å². The lowest BCUT2D eigenvalue weighted by atomic mass is 10.0. The molecule has 3 aromatic rings. The van der Waals surface area contributed by atoms with Gasteiger partial charge in [0, 0.05) is 18.1 Å². The van der Waals surface area contributed by atoms with E-state index in [1.54, 1.807) is 62.0 Å². The lowest BCUT2D eigenvalue weighted by molar-refractivity contribution is -0.137. The summed E-state index contributed by atoms with van der Waals surface area (Å²) in [4.78, 5) is 31.6. The van der Waals surface area contributed by atoms with Gasteiger partial charge in [-0.1, -0.05) is 24.3 Å². The van der Waals surface area contributed by atoms with E-state index in [-0.39, 0.29) is 17.8 Å². The van der Waals surface area contributed by atoms with E-state index in [4.69, 9.17) is 4.74 Å². The van der Waals surface area contributed by atoms with E-state index < -0.39 is 17.6 Å². The second kappa shape index (κ2) is 8.16. The first-order chi connectivity index (χ1) is 14.6. The van der Waals surface area contributed by atoms with E-state index in [0.29, 0.717) is 17.0 Å². The number of rotatable bonds is 6. The monoisotopic (exact) mass is 403 g/mol. The van der Waals surface area contributed by atoms with Crippen LogP contribution in [0.25, 0.3) is 5.57 Å². The normalized spacial score (nSPS) is 13.7. The second-order valence-electron chi connectivity index (χ2n) is 6.67. The fraction of sp³-hybridized carbons (Fsp3) is 0.0870. The van der Waals surface area contributed by atoms with Crippen molar-refractivity contribution in [2.24, 2.45) is 0 Å². The Morgan fingerprint density at radius 3 is 2.50 bits per heavy atom. The number of nitrogens with zero attached hydrogens (tertiary/aromatic N) is 2. The van der Waals surface area contributed by atoms with Crippen LogP contribution < -0.4 is 10.1 Å². The molecule has 0 spiro atoms. The van der Waals surface area contributed by atoms with Gasteiger partial charge in [-0.3, -0.25) is 19.5 Å². The highest BCUT2D eigenvalue weighted by atomic mass is 19.1. The van der Waals surface area contributed by atoms with Crippen LogP contribution in [0.4, 0.5) is 10.1 Å². The van der Waals surface area contributed by atoms with E-state index in [0.717, 1.165) is 10.5 Å². The number of imide groups is 1. The van der Waals surface area contributed by atoms with Gasteiger partial charge in [-0.25, -0.2) is 4.39 Å². The summed E-state index contributed by atoms with van der Waals surface area (Å²) in [5.74, 6) is -0.745. The number of halogens is 1. The molecule has 6 nitrogen and oxygen atoms in total. The van der Waals surface area contributed by atoms with Crippen molar-refractivity contribution in [1.29, 1.82) is 0 Å². The molecule has 0 fully saturated rings. The second-order valence-corrected chi connectivity index (χ2v) is 6.67. The predicted octanol–water partition coefficient (Wildman–Crippen LogP) is 3.62. The van der Waals surface area contributed by atoms with Gasteiger partial charge >= 0.3 is 0 Å². The molecule has 150 valence electrons. The number of anilines is 1. The van der Waals surface area contributed by atoms with Crippen LogP contribution in [0.1, 0.15) is 11.1 Å². The number of pyridine rings is 1. The Morgan fingerprint density at radius 1 is 1.03 bits per heavy atom. The first-order valence-electron chi connectivity index (χ1n) is 9.23. The van der Waals surface area contributed by atoms with Gasteiger partial charge in [-0.15, -0.1) is 0 Å². The molecule has 2 aromatic carbocycles. The molecule has 1 N–H and O–H groups in total. The molecule has 0 atom stereocenters. The number of methoxy groups -OCH3 is 1. The van der Waals surface area contributed by atoms with Crippen molar-refractivity contribution in [3.63, 3.8) is 0 Å². The smallest absolute Gasteiger partial charge is 0.278 e. The van der Waals surface area contributed by atoms with E-state index in [2.05, 4.69) is 10.3 Å². The summed E-state index contributed by atoms with van der Waals surface area (Å²) in [6.45, 7) is 0.0828. The number of carbonyl (C=O) groups excluding carboxylic acids is 2. The Morgan fingerprint density at radius 2 is 1.83 bits per heavy atom. The van der Waals surface area contributed by atoms with Crippen molar-refractivity contribution >= 4 is 23.1 Å². The number of aromatic nitrogens is 1. The van der Waals surface area contributed by atoms with Crippen molar-refractivity contribution in [2.45, 2.75) is 6.54 Å². The van der Waals surface area contributed by atoms with Crippen molar-refractivity contribution in [2.75, 3.05) is 12.4 Å². The molecule has 7 heteroatoms. The van der Waals surface area contributed by atoms with E-state index in [1.165, 1.54) is 18.2 Å². The van der Waals surface area contributed by atoms with Crippen molar-refractivity contribution < 1.29 is 18.7 Å². The molecule has 0 radical (unpaired) electrons. The fourth-order valence-electron chi connectivity index (χ4n) is 3.25. The topological polar surface area (TPSA) is 71.5 Å². The van der Waals surface area contributed by atoms with E-state index in [9.17, 15) is 14.0 Å². The van der Waals surface area contributed by atoms with Gasteiger partial charge in [0.05, 0.1) is 19.2 Å². The Hall–Kier alpha value is -4.00. The molecule has 0 aliphatic carbocycles. The lowest BCUT2D eigenvalue weighted by Crippen LogP contribution is -2.32. The van der Waals surface area contributed by atoms with Gasteiger partial charge in [0.15, 0.2) is 0 Å². The third-order valence-electron chi connectivity index (χ3n) is 4.70. The number of benzene rings is 2. The van der Waals surface area contributed by atoms with Crippen molar-refractivity contribution in [3.05, 3.63) is 95.7 Å². The summed E-state index contributed by atoms with van der Waals surface area (Å²) in [7, 11) is 1.55. The molecule has 0 saturated heterocycles. The van der Waals surface area contributed by atoms with Crippen LogP contribution in [0.15, 0.2) is 78.8 Å². The zero-order valence-electron chi connectivity index (χ0n) is 16.1. The number of nitrogens with one attached hydrogen (secondary N) is 1. The minimum Gasteiger partial charge on any atom is -0.497 e. The van der Waals surface area contributed by atoms with Gasteiger partial charge in [0.25, 0.3) is 11.8 Å². The first kappa shape index (κ1) is 19.3. The zero-order chi connectivity index (χ0) is 21.1. The van der Waals surface area contributed by atoms with Crippen LogP contribution in [0.3, 0.4) is 0 Å². The molecule has 1 aliphatic heterocycles. The number of carbonyl (C=O) groups is 2. The minimum absolute atomic E-state index is 0.0828. The quantitative estimate of drug-likeness (QED) is 0.637. The molecule has 30 heavy (non-hydrogen) atoms. The summed E-state index contributed by atoms with van der Waals surface area (Å²) in [5, 5.41) is 2.94. The van der Waals surface area contributed by atoms with Crippen LogP contribution in [-0.2, 0) is 16.1 Å². The molecule has 0 bridgehead atoms. The summed E-state index contributed by atoms with van der Waals surface area (Å²) < 4.78 is 18.8. The highest BCUT2D eigenvalue weighted by molar-refractivity contribution is 6.36. The van der Waals surface area contributed by atoms with Crippen LogP contribution in [0, 0.1) is 5.82 Å². The molecule has 0 saturated carbocycles. The Labute approximate surface area is 172 Å². The molecule has 2 amide bonds. The third kappa shape index (κ3) is 3.77. The Balaban J connectivity index is 1.74. The van der Waals surface area contributed by atoms with Crippen molar-refractivity contribution in [3.8, 4) is 5.75 Å². The average molecular weight is 403 g/mol. The largest absolute Gasteiger partial charge is 0.497 e. The maximum absolute atomic E-state index is 13.6. The molecule has 4 rings (SSSR count). The van der Waals surface area contributed by atoms with Crippen LogP contribution >= 0.6 is 0 Å². The van der Waals surface area contributed by atoms with Gasteiger partial charge in [-0.2, -0.15) is 0 Å². The van der Waals surface area contributed by atoms with Crippen LogP contribution in [0.2, 0.25) is 0 Å². The minimum atomic E-state index is -0.487. The zero-order valence-corrected chi connectivity index (χ0v) is 16.1. The molecule has 1 aliphatic rings. The maximum atomic E-state index is 13.6. The first-order valence-corrected chi connectivity index (χ1v) is 9.23. The summed E-state index contributed by atoms with van der Waals surface area (Å²) in [6.07, 6.45) is 3.22. The third-order valence-corrected chi connectivity index (χ3v) is 4.70. The van der Waals surface area contributed by atoms with Crippen LogP contribution in [0.5, 0.6) is 5.75 Å². The summed E-state index contributed by atoms with van der Waals surface area (Å²) in [6, 6.07) is 16.1. The number of hydrogen-bond acceptors (Lipinski definition) is 5. The average Bonchev–Trinajstić information content (AvgIpc) is 2.99. The highest BCUT2D eigenvalue weighted by Crippen LogP contribution is 2.32. The fourth-order valence-corrected chi connectivity index (χ4v) is 3.25. The number of hydrogen-bond donors (Lipinski definition) is 1. The van der Waals surface area contributed by atoms with Gasteiger partial charge < -0.3 is 10.1 Å². The number of ether oxygens (including phenoxy) is 1. The van der Waals surface area contributed by atoms with Gasteiger partial charge in [0.1, 0.15) is 17.3 Å². The van der Waals surface area contributed by atoms with Gasteiger partial charge in [0.2, 0.25) is 0 Å². The Kier molecular flexibility index (Phi) is 5.26. The lowest BCUT2D eigenvalue weighted by Gasteiger charge is -2.15. The van der Waals surface area contributed by atoms with Crippen LogP contribution in [-0.4, -0.2) is 28.8 Å². The van der Waals surface area contributed by atoms with Gasteiger partial charge in [-0.05, 0) is 47.5 Å². The highest BCUT2D eigenvalue weighted by Gasteiger charge is 2.39. The molecule has 0 unspecified atom stereocenters. The maximum Gasteiger partial charge on any atom is 0.278 e. The van der Waals surface area contributed by atoms with E-state index in [1.807, 2.05) is 0 Å². The predicted molar refractivity (Wildman–Crippen MR) is 110 cm³/mol. The number of amides is 2. The molecular weight excluding hydrogens is 385 g/mol.